The van der Waals surface area contributed by atoms with Crippen LogP contribution < -0.4 is 5.32 Å². The first-order valence-corrected chi connectivity index (χ1v) is 7.30. The standard InChI is InChI=1S/C16H13NO4S/c18-13(11-7-3-1-4-8-11)17-14(15(19)20)22-16(21)12-9-5-2-6-10-12/h1-10,14H,(H,17,18)(H,19,20). The molecule has 0 aromatic heterocycles. The van der Waals surface area contributed by atoms with Gasteiger partial charge in [0, 0.05) is 11.1 Å². The summed E-state index contributed by atoms with van der Waals surface area (Å²) in [6.45, 7) is 0. The maximum Gasteiger partial charge on any atom is 0.337 e. The molecule has 6 heteroatoms. The van der Waals surface area contributed by atoms with E-state index in [0.717, 1.165) is 0 Å². The van der Waals surface area contributed by atoms with E-state index in [4.69, 9.17) is 0 Å². The molecule has 5 nitrogen and oxygen atoms in total. The molecule has 2 aromatic rings. The predicted octanol–water partition coefficient (Wildman–Crippen LogP) is 2.40. The summed E-state index contributed by atoms with van der Waals surface area (Å²) in [5.74, 6) is -1.82. The highest BCUT2D eigenvalue weighted by atomic mass is 32.2. The highest BCUT2D eigenvalue weighted by Crippen LogP contribution is 2.17. The summed E-state index contributed by atoms with van der Waals surface area (Å²) in [4.78, 5) is 35.2. The summed E-state index contributed by atoms with van der Waals surface area (Å²) in [5.41, 5.74) is 0.717. The second kappa shape index (κ2) is 7.42. The van der Waals surface area contributed by atoms with Crippen LogP contribution in [0.3, 0.4) is 0 Å². The number of carboxylic acid groups (broad SMARTS) is 1. The van der Waals surface area contributed by atoms with Crippen molar-refractivity contribution >= 4 is 28.8 Å². The number of carbonyl (C=O) groups is 3. The third-order valence-electron chi connectivity index (χ3n) is 2.76. The Kier molecular flexibility index (Phi) is 5.32. The molecule has 0 aliphatic rings. The summed E-state index contributed by atoms with van der Waals surface area (Å²) in [6.07, 6.45) is 0. The molecule has 0 bridgehead atoms. The molecule has 2 N–H and O–H groups in total. The fourth-order valence-corrected chi connectivity index (χ4v) is 2.44. The SMILES string of the molecule is O=C(NC(SC(=O)c1ccccc1)C(=O)O)c1ccccc1. The van der Waals surface area contributed by atoms with Gasteiger partial charge >= 0.3 is 5.97 Å². The van der Waals surface area contributed by atoms with Crippen LogP contribution in [0.15, 0.2) is 60.7 Å². The lowest BCUT2D eigenvalue weighted by Gasteiger charge is -2.13. The van der Waals surface area contributed by atoms with Gasteiger partial charge in [-0.2, -0.15) is 0 Å². The molecule has 0 saturated carbocycles. The van der Waals surface area contributed by atoms with Gasteiger partial charge in [0.05, 0.1) is 0 Å². The van der Waals surface area contributed by atoms with Gasteiger partial charge in [0.2, 0.25) is 5.12 Å². The van der Waals surface area contributed by atoms with Gasteiger partial charge in [0.1, 0.15) is 0 Å². The van der Waals surface area contributed by atoms with Crippen molar-refractivity contribution in [2.75, 3.05) is 0 Å². The van der Waals surface area contributed by atoms with Gasteiger partial charge < -0.3 is 10.4 Å². The van der Waals surface area contributed by atoms with E-state index in [9.17, 15) is 19.5 Å². The summed E-state index contributed by atoms with van der Waals surface area (Å²) >= 11 is 0.559. The van der Waals surface area contributed by atoms with Crippen molar-refractivity contribution < 1.29 is 19.5 Å². The van der Waals surface area contributed by atoms with Crippen LogP contribution in [-0.2, 0) is 4.79 Å². The van der Waals surface area contributed by atoms with Gasteiger partial charge in [-0.15, -0.1) is 0 Å². The molecule has 2 rings (SSSR count). The molecule has 0 spiro atoms. The third-order valence-corrected chi connectivity index (χ3v) is 3.76. The molecule has 1 amide bonds. The van der Waals surface area contributed by atoms with Crippen molar-refractivity contribution in [2.45, 2.75) is 5.37 Å². The molecule has 0 radical (unpaired) electrons. The van der Waals surface area contributed by atoms with Crippen LogP contribution in [0.5, 0.6) is 0 Å². The molecule has 0 heterocycles. The largest absolute Gasteiger partial charge is 0.479 e. The lowest BCUT2D eigenvalue weighted by atomic mass is 10.2. The fraction of sp³-hybridized carbons (Fsp3) is 0.0625. The zero-order valence-electron chi connectivity index (χ0n) is 11.4. The molecule has 1 unspecified atom stereocenters. The van der Waals surface area contributed by atoms with E-state index in [1.165, 1.54) is 0 Å². The highest BCUT2D eigenvalue weighted by Gasteiger charge is 2.25. The summed E-state index contributed by atoms with van der Waals surface area (Å²) in [5, 5.41) is 9.75. The first-order valence-electron chi connectivity index (χ1n) is 6.42. The number of hydrogen-bond acceptors (Lipinski definition) is 4. The summed E-state index contributed by atoms with van der Waals surface area (Å²) in [6, 6.07) is 16.5. The number of carboxylic acids is 1. The average molecular weight is 315 g/mol. The normalized spacial score (nSPS) is 11.5. The Labute approximate surface area is 131 Å². The molecular formula is C16H13NO4S. The van der Waals surface area contributed by atoms with E-state index < -0.39 is 22.4 Å². The van der Waals surface area contributed by atoms with Crippen LogP contribution in [0.25, 0.3) is 0 Å². The van der Waals surface area contributed by atoms with Gasteiger partial charge in [-0.3, -0.25) is 9.59 Å². The Morgan fingerprint density at radius 2 is 1.36 bits per heavy atom. The second-order valence-electron chi connectivity index (χ2n) is 4.33. The molecule has 112 valence electrons. The van der Waals surface area contributed by atoms with E-state index in [0.29, 0.717) is 22.9 Å². The Morgan fingerprint density at radius 3 is 1.86 bits per heavy atom. The van der Waals surface area contributed by atoms with Crippen molar-refractivity contribution in [1.29, 1.82) is 0 Å². The van der Waals surface area contributed by atoms with E-state index in [1.54, 1.807) is 60.7 Å². The number of hydrogen-bond donors (Lipinski definition) is 2. The maximum atomic E-state index is 12.0. The predicted molar refractivity (Wildman–Crippen MR) is 83.7 cm³/mol. The lowest BCUT2D eigenvalue weighted by Crippen LogP contribution is -2.39. The van der Waals surface area contributed by atoms with Crippen LogP contribution in [0, 0.1) is 0 Å². The smallest absolute Gasteiger partial charge is 0.337 e. The quantitative estimate of drug-likeness (QED) is 0.828. The Bertz CT molecular complexity index is 620. The Morgan fingerprint density at radius 1 is 0.864 bits per heavy atom. The van der Waals surface area contributed by atoms with E-state index in [-0.39, 0.29) is 0 Å². The topological polar surface area (TPSA) is 83.5 Å². The van der Waals surface area contributed by atoms with Gasteiger partial charge in [-0.05, 0) is 23.9 Å². The van der Waals surface area contributed by atoms with Crippen LogP contribution in [0.2, 0.25) is 0 Å². The van der Waals surface area contributed by atoms with Gasteiger partial charge in [0.25, 0.3) is 5.91 Å². The summed E-state index contributed by atoms with van der Waals surface area (Å²) < 4.78 is 0. The zero-order valence-corrected chi connectivity index (χ0v) is 12.2. The average Bonchev–Trinajstić information content (AvgIpc) is 2.55. The highest BCUT2D eigenvalue weighted by molar-refractivity contribution is 8.15. The molecule has 22 heavy (non-hydrogen) atoms. The number of rotatable bonds is 5. The molecule has 0 saturated heterocycles. The van der Waals surface area contributed by atoms with E-state index in [1.807, 2.05) is 0 Å². The molecule has 0 aliphatic carbocycles. The van der Waals surface area contributed by atoms with E-state index >= 15 is 0 Å². The first-order chi connectivity index (χ1) is 10.6. The molecule has 0 aliphatic heterocycles. The van der Waals surface area contributed by atoms with Gasteiger partial charge in [-0.1, -0.05) is 48.5 Å². The number of nitrogens with one attached hydrogen (secondary N) is 1. The molecule has 2 aromatic carbocycles. The number of thioether (sulfide) groups is 1. The first kappa shape index (κ1) is 15.8. The van der Waals surface area contributed by atoms with Crippen LogP contribution >= 0.6 is 11.8 Å². The third kappa shape index (κ3) is 4.20. The monoisotopic (exact) mass is 315 g/mol. The van der Waals surface area contributed by atoms with Crippen LogP contribution in [0.1, 0.15) is 20.7 Å². The number of amides is 1. The number of carbonyl (C=O) groups excluding carboxylic acids is 2. The molecule has 1 atom stereocenters. The molecular weight excluding hydrogens is 302 g/mol. The van der Waals surface area contributed by atoms with Crippen LogP contribution in [0.4, 0.5) is 0 Å². The maximum absolute atomic E-state index is 12.0. The number of benzene rings is 2. The zero-order chi connectivity index (χ0) is 15.9. The minimum atomic E-state index is -1.35. The van der Waals surface area contributed by atoms with Gasteiger partial charge in [-0.25, -0.2) is 4.79 Å². The fourth-order valence-electron chi connectivity index (χ4n) is 1.68. The van der Waals surface area contributed by atoms with Crippen molar-refractivity contribution in [3.8, 4) is 0 Å². The second-order valence-corrected chi connectivity index (χ2v) is 5.41. The Balaban J connectivity index is 2.06. The minimum Gasteiger partial charge on any atom is -0.479 e. The van der Waals surface area contributed by atoms with Crippen molar-refractivity contribution in [2.24, 2.45) is 0 Å². The van der Waals surface area contributed by atoms with E-state index in [2.05, 4.69) is 5.32 Å². The van der Waals surface area contributed by atoms with Gasteiger partial charge in [0.15, 0.2) is 5.37 Å². The van der Waals surface area contributed by atoms with Crippen molar-refractivity contribution in [3.63, 3.8) is 0 Å². The van der Waals surface area contributed by atoms with Crippen LogP contribution in [-0.4, -0.2) is 27.5 Å². The van der Waals surface area contributed by atoms with Crippen molar-refractivity contribution in [3.05, 3.63) is 71.8 Å². The van der Waals surface area contributed by atoms with Crippen molar-refractivity contribution in [1.82, 2.24) is 5.32 Å². The summed E-state index contributed by atoms with van der Waals surface area (Å²) in [7, 11) is 0. The Hall–Kier alpha value is -2.60. The lowest BCUT2D eigenvalue weighted by molar-refractivity contribution is -0.136. The number of aliphatic carboxylic acids is 1. The minimum absolute atomic E-state index is 0.335. The molecule has 0 fully saturated rings.